The molecule has 1 aromatic carbocycles. The van der Waals surface area contributed by atoms with Crippen molar-refractivity contribution in [1.29, 1.82) is 0 Å². The predicted molar refractivity (Wildman–Crippen MR) is 74.8 cm³/mol. The number of amides is 1. The van der Waals surface area contributed by atoms with Crippen LogP contribution in [-0.4, -0.2) is 23.6 Å². The minimum absolute atomic E-state index is 0.0866. The lowest BCUT2D eigenvalue weighted by Gasteiger charge is -2.25. The van der Waals surface area contributed by atoms with Gasteiger partial charge in [-0.15, -0.1) is 0 Å². The van der Waals surface area contributed by atoms with Gasteiger partial charge in [0.05, 0.1) is 0 Å². The van der Waals surface area contributed by atoms with Crippen LogP contribution in [0.1, 0.15) is 31.2 Å². The Bertz CT molecular complexity index is 417. The average molecular weight is 262 g/mol. The first kappa shape index (κ1) is 13.9. The second kappa shape index (κ2) is 6.57. The van der Waals surface area contributed by atoms with Gasteiger partial charge in [-0.2, -0.15) is 0 Å². The van der Waals surface area contributed by atoms with Crippen LogP contribution in [0.2, 0.25) is 0 Å². The van der Waals surface area contributed by atoms with Gasteiger partial charge in [0.25, 0.3) is 0 Å². The minimum atomic E-state index is 0.0866. The number of aromatic hydroxyl groups is 1. The van der Waals surface area contributed by atoms with Crippen LogP contribution in [0, 0.1) is 5.92 Å². The summed E-state index contributed by atoms with van der Waals surface area (Å²) in [5, 5.41) is 12.2. The summed E-state index contributed by atoms with van der Waals surface area (Å²) in [6.45, 7) is 0.634. The van der Waals surface area contributed by atoms with E-state index >= 15 is 0 Å². The Hall–Kier alpha value is -1.55. The molecule has 1 aromatic rings. The summed E-state index contributed by atoms with van der Waals surface area (Å²) in [4.78, 5) is 12.0. The van der Waals surface area contributed by atoms with Crippen LogP contribution in [0.25, 0.3) is 0 Å². The van der Waals surface area contributed by atoms with Crippen molar-refractivity contribution in [2.24, 2.45) is 11.7 Å². The number of benzene rings is 1. The van der Waals surface area contributed by atoms with Gasteiger partial charge >= 0.3 is 0 Å². The van der Waals surface area contributed by atoms with Gasteiger partial charge in [-0.25, -0.2) is 0 Å². The van der Waals surface area contributed by atoms with E-state index in [1.54, 1.807) is 12.1 Å². The molecule has 1 aliphatic rings. The lowest BCUT2D eigenvalue weighted by atomic mass is 9.85. The highest BCUT2D eigenvalue weighted by Gasteiger charge is 2.24. The fourth-order valence-corrected chi connectivity index (χ4v) is 2.60. The van der Waals surface area contributed by atoms with Crippen molar-refractivity contribution >= 4 is 5.91 Å². The van der Waals surface area contributed by atoms with E-state index in [2.05, 4.69) is 5.32 Å². The molecule has 4 heteroatoms. The van der Waals surface area contributed by atoms with Crippen LogP contribution >= 0.6 is 0 Å². The molecule has 104 valence electrons. The normalized spacial score (nSPS) is 23.0. The molecule has 1 amide bonds. The molecule has 4 N–H and O–H groups in total. The van der Waals surface area contributed by atoms with E-state index in [0.29, 0.717) is 6.54 Å². The third kappa shape index (κ3) is 4.24. The lowest BCUT2D eigenvalue weighted by Crippen LogP contribution is -2.38. The zero-order chi connectivity index (χ0) is 13.7. The van der Waals surface area contributed by atoms with E-state index in [0.717, 1.165) is 37.7 Å². The third-order valence-electron chi connectivity index (χ3n) is 3.73. The summed E-state index contributed by atoms with van der Waals surface area (Å²) in [6, 6.07) is 7.26. The number of rotatable bonds is 4. The fourth-order valence-electron chi connectivity index (χ4n) is 2.60. The summed E-state index contributed by atoms with van der Waals surface area (Å²) >= 11 is 0. The molecular formula is C15H22N2O2. The molecular weight excluding hydrogens is 240 g/mol. The van der Waals surface area contributed by atoms with Gasteiger partial charge in [0, 0.05) is 18.5 Å². The number of hydrogen-bond donors (Lipinski definition) is 3. The monoisotopic (exact) mass is 262 g/mol. The third-order valence-corrected chi connectivity index (χ3v) is 3.73. The van der Waals surface area contributed by atoms with E-state index < -0.39 is 0 Å². The first-order valence-corrected chi connectivity index (χ1v) is 6.96. The van der Waals surface area contributed by atoms with E-state index in [9.17, 15) is 9.90 Å². The van der Waals surface area contributed by atoms with Crippen molar-refractivity contribution in [2.75, 3.05) is 6.54 Å². The summed E-state index contributed by atoms with van der Waals surface area (Å²) < 4.78 is 0. The molecule has 0 aromatic heterocycles. The summed E-state index contributed by atoms with van der Waals surface area (Å²) in [5.74, 6) is 0.487. The largest absolute Gasteiger partial charge is 0.508 e. The molecule has 19 heavy (non-hydrogen) atoms. The maximum absolute atomic E-state index is 12.0. The molecule has 4 nitrogen and oxygen atoms in total. The summed E-state index contributed by atoms with van der Waals surface area (Å²) in [6.07, 6.45) is 4.64. The van der Waals surface area contributed by atoms with E-state index in [-0.39, 0.29) is 23.6 Å². The van der Waals surface area contributed by atoms with E-state index in [1.807, 2.05) is 12.1 Å². The molecule has 2 unspecified atom stereocenters. The van der Waals surface area contributed by atoms with Gasteiger partial charge < -0.3 is 16.2 Å². The standard InChI is InChI=1S/C15H22N2O2/c16-13-3-1-2-12(10-13)15(19)17-9-8-11-4-6-14(18)7-5-11/h4-7,12-13,18H,1-3,8-10,16H2,(H,17,19). The molecule has 1 saturated carbocycles. The maximum Gasteiger partial charge on any atom is 0.223 e. The van der Waals surface area contributed by atoms with Crippen molar-refractivity contribution in [1.82, 2.24) is 5.32 Å². The zero-order valence-electron chi connectivity index (χ0n) is 11.1. The van der Waals surface area contributed by atoms with Gasteiger partial charge in [0.2, 0.25) is 5.91 Å². The molecule has 0 spiro atoms. The highest BCUT2D eigenvalue weighted by Crippen LogP contribution is 2.23. The first-order valence-electron chi connectivity index (χ1n) is 6.96. The van der Waals surface area contributed by atoms with Gasteiger partial charge in [-0.1, -0.05) is 18.6 Å². The quantitative estimate of drug-likeness (QED) is 0.771. The Balaban J connectivity index is 1.73. The van der Waals surface area contributed by atoms with Gasteiger partial charge in [-0.05, 0) is 43.4 Å². The summed E-state index contributed by atoms with van der Waals surface area (Å²) in [5.41, 5.74) is 7.00. The molecule has 0 radical (unpaired) electrons. The number of nitrogens with one attached hydrogen (secondary N) is 1. The van der Waals surface area contributed by atoms with Crippen LogP contribution in [0.3, 0.4) is 0 Å². The van der Waals surface area contributed by atoms with Crippen LogP contribution in [0.5, 0.6) is 5.75 Å². The minimum Gasteiger partial charge on any atom is -0.508 e. The van der Waals surface area contributed by atoms with Gasteiger partial charge in [-0.3, -0.25) is 4.79 Å². The second-order valence-electron chi connectivity index (χ2n) is 5.33. The Morgan fingerprint density at radius 1 is 1.32 bits per heavy atom. The zero-order valence-corrected chi connectivity index (χ0v) is 11.1. The number of carbonyl (C=O) groups excluding carboxylic acids is 1. The maximum atomic E-state index is 12.0. The topological polar surface area (TPSA) is 75.4 Å². The van der Waals surface area contributed by atoms with Crippen molar-refractivity contribution in [3.05, 3.63) is 29.8 Å². The predicted octanol–water partition coefficient (Wildman–Crippen LogP) is 1.57. The lowest BCUT2D eigenvalue weighted by molar-refractivity contribution is -0.126. The van der Waals surface area contributed by atoms with E-state index in [4.69, 9.17) is 5.73 Å². The van der Waals surface area contributed by atoms with Crippen LogP contribution in [0.15, 0.2) is 24.3 Å². The highest BCUT2D eigenvalue weighted by atomic mass is 16.3. The van der Waals surface area contributed by atoms with Crippen LogP contribution in [-0.2, 0) is 11.2 Å². The van der Waals surface area contributed by atoms with Crippen molar-refractivity contribution in [3.8, 4) is 5.75 Å². The van der Waals surface area contributed by atoms with E-state index in [1.165, 1.54) is 0 Å². The Morgan fingerprint density at radius 3 is 2.74 bits per heavy atom. The number of hydrogen-bond acceptors (Lipinski definition) is 3. The molecule has 0 saturated heterocycles. The number of nitrogens with two attached hydrogens (primary N) is 1. The van der Waals surface area contributed by atoms with Gasteiger partial charge in [0.1, 0.15) is 5.75 Å². The van der Waals surface area contributed by atoms with Crippen molar-refractivity contribution < 1.29 is 9.90 Å². The molecule has 2 rings (SSSR count). The van der Waals surface area contributed by atoms with Crippen LogP contribution in [0.4, 0.5) is 0 Å². The van der Waals surface area contributed by atoms with Gasteiger partial charge in [0.15, 0.2) is 0 Å². The van der Waals surface area contributed by atoms with Crippen LogP contribution < -0.4 is 11.1 Å². The molecule has 2 atom stereocenters. The highest BCUT2D eigenvalue weighted by molar-refractivity contribution is 5.78. The number of phenols is 1. The molecule has 1 fully saturated rings. The number of phenolic OH excluding ortho intramolecular Hbond substituents is 1. The molecule has 0 bridgehead atoms. The smallest absolute Gasteiger partial charge is 0.223 e. The Morgan fingerprint density at radius 2 is 2.05 bits per heavy atom. The second-order valence-corrected chi connectivity index (χ2v) is 5.33. The average Bonchev–Trinajstić information content (AvgIpc) is 2.41. The summed E-state index contributed by atoms with van der Waals surface area (Å²) in [7, 11) is 0. The van der Waals surface area contributed by atoms with Crippen molar-refractivity contribution in [3.63, 3.8) is 0 Å². The first-order chi connectivity index (χ1) is 9.15. The molecule has 0 heterocycles. The fraction of sp³-hybridized carbons (Fsp3) is 0.533. The number of carbonyl (C=O) groups is 1. The Kier molecular flexibility index (Phi) is 4.80. The van der Waals surface area contributed by atoms with Crippen molar-refractivity contribution in [2.45, 2.75) is 38.1 Å². The molecule has 0 aliphatic heterocycles. The molecule has 1 aliphatic carbocycles. The SMILES string of the molecule is NC1CCCC(C(=O)NCCc2ccc(O)cc2)C1. The Labute approximate surface area is 114 Å².